The molecule has 1 aromatic carbocycles. The molecular formula is C50H76N6O10S2. The van der Waals surface area contributed by atoms with Crippen LogP contribution in [-0.2, 0) is 44.6 Å². The Bertz CT molecular complexity index is 1950. The Kier molecular flexibility index (Phi) is 22.4. The van der Waals surface area contributed by atoms with Gasteiger partial charge in [0, 0.05) is 47.5 Å². The minimum absolute atomic E-state index is 0.0701. The van der Waals surface area contributed by atoms with Crippen LogP contribution in [0.3, 0.4) is 0 Å². The van der Waals surface area contributed by atoms with Gasteiger partial charge in [-0.1, -0.05) is 102 Å². The molecule has 8 unspecified atom stereocenters. The number of carboxylic acid groups (broad SMARTS) is 1. The third-order valence-electron chi connectivity index (χ3n) is 13.5. The average molecular weight is 985 g/mol. The van der Waals surface area contributed by atoms with E-state index in [1.165, 1.54) is 19.1 Å². The number of pyridine rings is 1. The van der Waals surface area contributed by atoms with Gasteiger partial charge in [-0.15, -0.1) is 0 Å². The zero-order chi connectivity index (χ0) is 50.2. The Labute approximate surface area is 411 Å². The number of carboxylic acids is 1. The molecule has 11 atom stereocenters. The fourth-order valence-electron chi connectivity index (χ4n) is 9.53. The Morgan fingerprint density at radius 3 is 2.13 bits per heavy atom. The van der Waals surface area contributed by atoms with Gasteiger partial charge in [0.05, 0.1) is 41.9 Å². The smallest absolute Gasteiger partial charge is 0.410 e. The second-order valence-corrected chi connectivity index (χ2v) is 21.4. The number of ether oxygens (including phenoxy) is 3. The molecule has 4 rings (SSSR count). The number of amides is 5. The molecule has 2 fully saturated rings. The summed E-state index contributed by atoms with van der Waals surface area (Å²) in [4.78, 5) is 91.8. The van der Waals surface area contributed by atoms with E-state index in [0.29, 0.717) is 25.8 Å². The molecule has 0 bridgehead atoms. The number of carbonyl (C=O) groups excluding carboxylic acids is 5. The fraction of sp³-hybridized carbons (Fsp3) is 0.660. The van der Waals surface area contributed by atoms with Gasteiger partial charge in [0.2, 0.25) is 23.6 Å². The SMILES string of the molecule is CCC(C)C(C(CC(=O)N1CCC[C@@H]1C(OC)C(C)C(=O)NC(Cc1ccccc1)C(=O)O)OC)N(C)C(=O)C(NC(=O)C(C(C)C)N(C)C(=O)O[C@@H]1CCC[C@H]1SSc1ccccn1)C(C)C. The summed E-state index contributed by atoms with van der Waals surface area (Å²) >= 11 is 0. The molecular weight excluding hydrogens is 909 g/mol. The third-order valence-corrected chi connectivity index (χ3v) is 16.4. The van der Waals surface area contributed by atoms with Gasteiger partial charge in [-0.25, -0.2) is 14.6 Å². The zero-order valence-corrected chi connectivity index (χ0v) is 43.4. The Morgan fingerprint density at radius 2 is 1.54 bits per heavy atom. The largest absolute Gasteiger partial charge is 0.480 e. The average Bonchev–Trinajstić information content (AvgIpc) is 3.99. The maximum Gasteiger partial charge on any atom is 0.410 e. The highest BCUT2D eigenvalue weighted by atomic mass is 33.1. The number of likely N-dealkylation sites (N-methyl/N-ethyl adjacent to an activating group) is 2. The lowest BCUT2D eigenvalue weighted by molar-refractivity contribution is -0.148. The van der Waals surface area contributed by atoms with Crippen molar-refractivity contribution >= 4 is 57.3 Å². The summed E-state index contributed by atoms with van der Waals surface area (Å²) < 4.78 is 18.0. The number of hydrogen-bond acceptors (Lipinski definition) is 12. The van der Waals surface area contributed by atoms with Crippen molar-refractivity contribution in [1.29, 1.82) is 0 Å². The number of carbonyl (C=O) groups is 6. The molecule has 1 aliphatic carbocycles. The summed E-state index contributed by atoms with van der Waals surface area (Å²) in [6, 6.07) is 10.7. The first-order valence-electron chi connectivity index (χ1n) is 24.0. The van der Waals surface area contributed by atoms with Crippen molar-refractivity contribution in [3.63, 3.8) is 0 Å². The van der Waals surface area contributed by atoms with E-state index >= 15 is 0 Å². The van der Waals surface area contributed by atoms with Gasteiger partial charge in [0.1, 0.15) is 29.3 Å². The second-order valence-electron chi connectivity index (χ2n) is 18.9. The van der Waals surface area contributed by atoms with E-state index in [2.05, 4.69) is 15.6 Å². The number of hydrogen-bond donors (Lipinski definition) is 3. The van der Waals surface area contributed by atoms with Crippen LogP contribution in [0.5, 0.6) is 0 Å². The standard InChI is InChI=1S/C50H76N6O10S2/c1-12-32(6)44(38(64-10)29-41(57)56-27-19-22-36(56)45(65-11)33(7)46(58)52-35(49(61)62)28-34-20-14-13-15-21-34)54(8)48(60)42(30(2)3)53-47(59)43(31(4)5)55(9)50(63)66-37-23-18-24-39(37)67-68-40-25-16-17-26-51-40/h13-17,20-21,25-26,30-33,35-39,42-45H,12,18-19,22-24,27-29H2,1-11H3,(H,52,58)(H,53,59)(H,61,62)/t32?,33?,35?,36-,37-,38?,39-,42?,43?,44?,45?/m1/s1. The van der Waals surface area contributed by atoms with Crippen molar-refractivity contribution in [2.45, 2.75) is 159 Å². The molecule has 1 saturated carbocycles. The van der Waals surface area contributed by atoms with Crippen LogP contribution in [0.15, 0.2) is 59.8 Å². The number of nitrogens with zero attached hydrogens (tertiary/aromatic N) is 4. The molecule has 0 spiro atoms. The third kappa shape index (κ3) is 15.1. The Hall–Kier alpha value is -4.39. The highest BCUT2D eigenvalue weighted by molar-refractivity contribution is 8.76. The molecule has 16 nitrogen and oxygen atoms in total. The maximum absolute atomic E-state index is 14.7. The number of benzene rings is 1. The first kappa shape index (κ1) is 56.2. The van der Waals surface area contributed by atoms with Gasteiger partial charge in [0.15, 0.2) is 0 Å². The van der Waals surface area contributed by atoms with Crippen molar-refractivity contribution in [2.24, 2.45) is 23.7 Å². The van der Waals surface area contributed by atoms with Crippen molar-refractivity contribution in [3.05, 3.63) is 60.3 Å². The molecule has 68 heavy (non-hydrogen) atoms. The predicted molar refractivity (Wildman–Crippen MR) is 265 cm³/mol. The second kappa shape index (κ2) is 27.1. The van der Waals surface area contributed by atoms with E-state index in [9.17, 15) is 33.9 Å². The highest BCUT2D eigenvalue weighted by Crippen LogP contribution is 2.42. The lowest BCUT2D eigenvalue weighted by Crippen LogP contribution is -2.60. The van der Waals surface area contributed by atoms with E-state index in [1.807, 2.05) is 77.9 Å². The van der Waals surface area contributed by atoms with Crippen molar-refractivity contribution in [1.82, 2.24) is 30.3 Å². The number of aromatic nitrogens is 1. The summed E-state index contributed by atoms with van der Waals surface area (Å²) in [5, 5.41) is 16.6. The number of methoxy groups -OCH3 is 2. The van der Waals surface area contributed by atoms with E-state index in [4.69, 9.17) is 14.2 Å². The molecule has 2 aromatic rings. The van der Waals surface area contributed by atoms with Gasteiger partial charge < -0.3 is 39.8 Å². The lowest BCUT2D eigenvalue weighted by Gasteiger charge is -2.41. The van der Waals surface area contributed by atoms with Crippen LogP contribution in [0.2, 0.25) is 0 Å². The molecule has 1 aromatic heterocycles. The first-order valence-corrected chi connectivity index (χ1v) is 26.2. The number of likely N-dealkylation sites (tertiary alicyclic amines) is 1. The quantitative estimate of drug-likeness (QED) is 0.0889. The number of nitrogens with one attached hydrogen (secondary N) is 2. The van der Waals surface area contributed by atoms with Crippen molar-refractivity contribution in [3.8, 4) is 0 Å². The van der Waals surface area contributed by atoms with Crippen LogP contribution in [0.1, 0.15) is 99.0 Å². The molecule has 5 amide bonds. The van der Waals surface area contributed by atoms with Crippen molar-refractivity contribution < 1.29 is 48.1 Å². The molecule has 18 heteroatoms. The highest BCUT2D eigenvalue weighted by Gasteiger charge is 2.44. The van der Waals surface area contributed by atoms with Gasteiger partial charge in [-0.3, -0.25) is 24.1 Å². The molecule has 378 valence electrons. The van der Waals surface area contributed by atoms with E-state index < -0.39 is 72.2 Å². The van der Waals surface area contributed by atoms with Crippen LogP contribution >= 0.6 is 21.6 Å². The molecule has 1 aliphatic heterocycles. The predicted octanol–water partition coefficient (Wildman–Crippen LogP) is 6.71. The summed E-state index contributed by atoms with van der Waals surface area (Å²) in [5.41, 5.74) is 0.769. The van der Waals surface area contributed by atoms with Crippen molar-refractivity contribution in [2.75, 3.05) is 34.9 Å². The van der Waals surface area contributed by atoms with Crippen LogP contribution in [-0.4, -0.2) is 149 Å². The van der Waals surface area contributed by atoms with E-state index in [1.54, 1.807) is 70.7 Å². The van der Waals surface area contributed by atoms with Gasteiger partial charge >= 0.3 is 12.1 Å². The minimum Gasteiger partial charge on any atom is -0.480 e. The summed E-state index contributed by atoms with van der Waals surface area (Å²) in [7, 11) is 9.42. The normalized spacial score (nSPS) is 20.7. The molecule has 1 saturated heterocycles. The monoisotopic (exact) mass is 985 g/mol. The van der Waals surface area contributed by atoms with Gasteiger partial charge in [-0.05, 0) is 78.3 Å². The number of aliphatic carboxylic acids is 1. The first-order chi connectivity index (χ1) is 32.3. The molecule has 0 radical (unpaired) electrons. The van der Waals surface area contributed by atoms with E-state index in [-0.39, 0.29) is 53.8 Å². The Balaban J connectivity index is 1.44. The van der Waals surface area contributed by atoms with Gasteiger partial charge in [0.25, 0.3) is 0 Å². The van der Waals surface area contributed by atoms with Gasteiger partial charge in [-0.2, -0.15) is 0 Å². The molecule has 3 N–H and O–H groups in total. The lowest BCUT2D eigenvalue weighted by atomic mass is 9.89. The summed E-state index contributed by atoms with van der Waals surface area (Å²) in [5.74, 6) is -4.29. The Morgan fingerprint density at radius 1 is 0.853 bits per heavy atom. The van der Waals surface area contributed by atoms with E-state index in [0.717, 1.165) is 29.9 Å². The van der Waals surface area contributed by atoms with Crippen LogP contribution < -0.4 is 10.6 Å². The topological polar surface area (TPSA) is 197 Å². The maximum atomic E-state index is 14.7. The zero-order valence-electron chi connectivity index (χ0n) is 41.8. The number of rotatable bonds is 25. The van der Waals surface area contributed by atoms with Crippen LogP contribution in [0.25, 0.3) is 0 Å². The summed E-state index contributed by atoms with van der Waals surface area (Å²) in [6.07, 6.45) is 3.82. The fourth-order valence-corrected chi connectivity index (χ4v) is 12.2. The minimum atomic E-state index is -1.15. The molecule has 2 aliphatic rings. The summed E-state index contributed by atoms with van der Waals surface area (Å²) in [6.45, 7) is 13.5. The molecule has 2 heterocycles. The van der Waals surface area contributed by atoms with Crippen LogP contribution in [0.4, 0.5) is 4.79 Å². The van der Waals surface area contributed by atoms with Crippen LogP contribution in [0, 0.1) is 23.7 Å².